The second-order valence-electron chi connectivity index (χ2n) is 9.24. The molecule has 2 heterocycles. The molecule has 1 aliphatic rings. The Morgan fingerprint density at radius 2 is 1.94 bits per heavy atom. The van der Waals surface area contributed by atoms with Gasteiger partial charge in [-0.3, -0.25) is 4.79 Å². The van der Waals surface area contributed by atoms with Crippen molar-refractivity contribution in [3.05, 3.63) is 95.8 Å². The fourth-order valence-electron chi connectivity index (χ4n) is 4.13. The van der Waals surface area contributed by atoms with Crippen LogP contribution in [0.3, 0.4) is 0 Å². The summed E-state index contributed by atoms with van der Waals surface area (Å²) in [5, 5.41) is 4.90. The second-order valence-corrected chi connectivity index (χ2v) is 9.24. The summed E-state index contributed by atoms with van der Waals surface area (Å²) in [5.41, 5.74) is 2.44. The van der Waals surface area contributed by atoms with Crippen molar-refractivity contribution in [1.82, 2.24) is 14.7 Å². The Morgan fingerprint density at radius 3 is 2.60 bits per heavy atom. The molecule has 1 saturated carbocycles. The zero-order valence-corrected chi connectivity index (χ0v) is 19.9. The number of ether oxygens (including phenoxy) is 1. The van der Waals surface area contributed by atoms with Crippen molar-refractivity contribution >= 4 is 5.91 Å². The molecular weight excluding hydrogens is 445 g/mol. The van der Waals surface area contributed by atoms with Gasteiger partial charge in [0.1, 0.15) is 11.6 Å². The van der Waals surface area contributed by atoms with E-state index in [1.165, 1.54) is 18.4 Å². The van der Waals surface area contributed by atoms with Crippen LogP contribution in [0.5, 0.6) is 11.6 Å². The van der Waals surface area contributed by atoms with Crippen molar-refractivity contribution in [2.75, 3.05) is 6.54 Å². The fourth-order valence-corrected chi connectivity index (χ4v) is 4.13. The van der Waals surface area contributed by atoms with Crippen LogP contribution in [0, 0.1) is 11.7 Å². The first-order chi connectivity index (χ1) is 17.0. The number of aromatic nitrogens is 2. The Balaban J connectivity index is 1.60. The van der Waals surface area contributed by atoms with Crippen molar-refractivity contribution in [2.45, 2.75) is 39.2 Å². The minimum Gasteiger partial charge on any atom is -0.459 e. The molecule has 0 unspecified atom stereocenters. The van der Waals surface area contributed by atoms with Gasteiger partial charge < -0.3 is 14.1 Å². The highest BCUT2D eigenvalue weighted by Gasteiger charge is 2.32. The average Bonchev–Trinajstić information content (AvgIpc) is 3.36. The van der Waals surface area contributed by atoms with Gasteiger partial charge in [0.15, 0.2) is 5.76 Å². The highest BCUT2D eigenvalue weighted by molar-refractivity contribution is 5.91. The van der Waals surface area contributed by atoms with Crippen molar-refractivity contribution in [3.8, 4) is 17.3 Å². The molecular formula is C28H28FN3O3. The minimum absolute atomic E-state index is 0.0753. The molecule has 1 fully saturated rings. The summed E-state index contributed by atoms with van der Waals surface area (Å²) in [6.45, 7) is 5.06. The SMILES string of the molecule is CC(C)c1nn(-c2ccccc2)c(Oc2cccc(F)c2)c1CN(CC1CC1)C(=O)c1ccco1. The Hall–Kier alpha value is -3.87. The highest BCUT2D eigenvalue weighted by atomic mass is 19.1. The van der Waals surface area contributed by atoms with Gasteiger partial charge in [0.05, 0.1) is 29.8 Å². The number of carbonyl (C=O) groups is 1. The van der Waals surface area contributed by atoms with Gasteiger partial charge in [-0.05, 0) is 61.1 Å². The first kappa shape index (κ1) is 22.9. The van der Waals surface area contributed by atoms with Gasteiger partial charge >= 0.3 is 0 Å². The van der Waals surface area contributed by atoms with Crippen molar-refractivity contribution in [3.63, 3.8) is 0 Å². The number of furan rings is 1. The normalized spacial score (nSPS) is 13.3. The van der Waals surface area contributed by atoms with E-state index in [-0.39, 0.29) is 17.6 Å². The van der Waals surface area contributed by atoms with Gasteiger partial charge in [-0.25, -0.2) is 9.07 Å². The molecule has 0 bridgehead atoms. The summed E-state index contributed by atoms with van der Waals surface area (Å²) >= 11 is 0. The Kier molecular flexibility index (Phi) is 6.40. The molecule has 0 aliphatic heterocycles. The second kappa shape index (κ2) is 9.78. The molecule has 4 aromatic rings. The van der Waals surface area contributed by atoms with Gasteiger partial charge in [0, 0.05) is 12.6 Å². The smallest absolute Gasteiger partial charge is 0.289 e. The number of amides is 1. The molecule has 2 aromatic heterocycles. The van der Waals surface area contributed by atoms with Crippen LogP contribution < -0.4 is 4.74 Å². The van der Waals surface area contributed by atoms with Crippen molar-refractivity contribution in [1.29, 1.82) is 0 Å². The molecule has 0 saturated heterocycles. The number of hydrogen-bond donors (Lipinski definition) is 0. The van der Waals surface area contributed by atoms with E-state index in [0.717, 1.165) is 29.8 Å². The Labute approximate surface area is 203 Å². The average molecular weight is 474 g/mol. The van der Waals surface area contributed by atoms with E-state index >= 15 is 0 Å². The number of halogens is 1. The number of hydrogen-bond acceptors (Lipinski definition) is 4. The number of nitrogens with zero attached hydrogens (tertiary/aromatic N) is 3. The molecule has 1 aliphatic carbocycles. The lowest BCUT2D eigenvalue weighted by Gasteiger charge is -2.23. The highest BCUT2D eigenvalue weighted by Crippen LogP contribution is 2.37. The zero-order chi connectivity index (χ0) is 24.4. The van der Waals surface area contributed by atoms with Crippen LogP contribution in [0.25, 0.3) is 5.69 Å². The van der Waals surface area contributed by atoms with Crippen LogP contribution in [-0.2, 0) is 6.54 Å². The standard InChI is InChI=1S/C28H28FN3O3/c1-19(2)26-24(18-31(17-20-13-14-20)27(33)25-12-7-15-34-25)28(35-23-11-6-8-21(29)16-23)32(30-26)22-9-4-3-5-10-22/h3-12,15-16,19-20H,13-14,17-18H2,1-2H3. The first-order valence-electron chi connectivity index (χ1n) is 11.9. The molecule has 5 rings (SSSR count). The van der Waals surface area contributed by atoms with Crippen LogP contribution in [0.2, 0.25) is 0 Å². The molecule has 0 radical (unpaired) electrons. The van der Waals surface area contributed by atoms with Gasteiger partial charge in [-0.15, -0.1) is 0 Å². The lowest BCUT2D eigenvalue weighted by atomic mass is 10.1. The summed E-state index contributed by atoms with van der Waals surface area (Å²) < 4.78 is 27.4. The minimum atomic E-state index is -0.387. The van der Waals surface area contributed by atoms with Crippen LogP contribution in [0.4, 0.5) is 4.39 Å². The molecule has 1 amide bonds. The first-order valence-corrected chi connectivity index (χ1v) is 11.9. The predicted octanol–water partition coefficient (Wildman–Crippen LogP) is 6.57. The lowest BCUT2D eigenvalue weighted by molar-refractivity contribution is 0.0701. The zero-order valence-electron chi connectivity index (χ0n) is 19.9. The van der Waals surface area contributed by atoms with Gasteiger partial charge in [0.25, 0.3) is 5.91 Å². The summed E-state index contributed by atoms with van der Waals surface area (Å²) in [6.07, 6.45) is 3.72. The summed E-state index contributed by atoms with van der Waals surface area (Å²) in [4.78, 5) is 15.2. The molecule has 2 aromatic carbocycles. The maximum atomic E-state index is 14.0. The Morgan fingerprint density at radius 1 is 1.14 bits per heavy atom. The van der Waals surface area contributed by atoms with Crippen LogP contribution in [0.15, 0.2) is 77.4 Å². The Bertz CT molecular complexity index is 1290. The molecule has 7 heteroatoms. The maximum absolute atomic E-state index is 14.0. The molecule has 0 N–H and O–H groups in total. The van der Waals surface area contributed by atoms with Gasteiger partial charge in [-0.1, -0.05) is 38.1 Å². The third-order valence-corrected chi connectivity index (χ3v) is 6.07. The number of benzene rings is 2. The van der Waals surface area contributed by atoms with E-state index in [4.69, 9.17) is 14.3 Å². The summed E-state index contributed by atoms with van der Waals surface area (Å²) in [7, 11) is 0. The monoisotopic (exact) mass is 473 g/mol. The van der Waals surface area contributed by atoms with Crippen LogP contribution in [-0.4, -0.2) is 27.1 Å². The molecule has 180 valence electrons. The quantitative estimate of drug-likeness (QED) is 0.276. The molecule has 6 nitrogen and oxygen atoms in total. The van der Waals surface area contributed by atoms with Gasteiger partial charge in [0.2, 0.25) is 5.88 Å². The van der Waals surface area contributed by atoms with E-state index in [9.17, 15) is 9.18 Å². The lowest BCUT2D eigenvalue weighted by Crippen LogP contribution is -2.32. The van der Waals surface area contributed by atoms with Crippen LogP contribution >= 0.6 is 0 Å². The number of rotatable bonds is 9. The maximum Gasteiger partial charge on any atom is 0.289 e. The third kappa shape index (κ3) is 5.14. The summed E-state index contributed by atoms with van der Waals surface area (Å²) in [5.74, 6) is 1.14. The number of para-hydroxylation sites is 1. The van der Waals surface area contributed by atoms with E-state index in [1.54, 1.807) is 28.9 Å². The molecule has 35 heavy (non-hydrogen) atoms. The fraction of sp³-hybridized carbons (Fsp3) is 0.286. The topological polar surface area (TPSA) is 60.5 Å². The van der Waals surface area contributed by atoms with E-state index in [0.29, 0.717) is 36.4 Å². The van der Waals surface area contributed by atoms with Crippen molar-refractivity contribution in [2.24, 2.45) is 5.92 Å². The van der Waals surface area contributed by atoms with Gasteiger partial charge in [-0.2, -0.15) is 5.10 Å². The summed E-state index contributed by atoms with van der Waals surface area (Å²) in [6, 6.07) is 19.1. The largest absolute Gasteiger partial charge is 0.459 e. The molecule has 0 atom stereocenters. The van der Waals surface area contributed by atoms with E-state index in [1.807, 2.05) is 35.2 Å². The van der Waals surface area contributed by atoms with Crippen LogP contribution in [0.1, 0.15) is 54.4 Å². The van der Waals surface area contributed by atoms with E-state index < -0.39 is 0 Å². The van der Waals surface area contributed by atoms with Crippen molar-refractivity contribution < 1.29 is 18.3 Å². The predicted molar refractivity (Wildman–Crippen MR) is 130 cm³/mol. The van der Waals surface area contributed by atoms with E-state index in [2.05, 4.69) is 13.8 Å². The molecule has 0 spiro atoms. The number of carbonyl (C=O) groups excluding carboxylic acids is 1. The third-order valence-electron chi connectivity index (χ3n) is 6.07.